The summed E-state index contributed by atoms with van der Waals surface area (Å²) in [6.07, 6.45) is 4.36. The standard InChI is InChI=1S/C12H12ClN5/c13-11-3-1-4-12(10(11)9-14)15-5-2-7-18-8-6-16-17-18/h1,3-4,6,8,15H,2,5,7H2. The third-order valence-corrected chi connectivity index (χ3v) is 2.79. The van der Waals surface area contributed by atoms with Gasteiger partial charge >= 0.3 is 0 Å². The van der Waals surface area contributed by atoms with Crippen molar-refractivity contribution in [3.05, 3.63) is 41.2 Å². The molecular weight excluding hydrogens is 250 g/mol. The summed E-state index contributed by atoms with van der Waals surface area (Å²) in [6, 6.07) is 7.47. The van der Waals surface area contributed by atoms with Crippen molar-refractivity contribution in [1.82, 2.24) is 15.0 Å². The van der Waals surface area contributed by atoms with Crippen LogP contribution in [0.4, 0.5) is 5.69 Å². The monoisotopic (exact) mass is 261 g/mol. The van der Waals surface area contributed by atoms with Gasteiger partial charge in [-0.05, 0) is 18.6 Å². The van der Waals surface area contributed by atoms with Gasteiger partial charge in [0.25, 0.3) is 0 Å². The smallest absolute Gasteiger partial charge is 0.103 e. The van der Waals surface area contributed by atoms with Crippen LogP contribution < -0.4 is 5.32 Å². The van der Waals surface area contributed by atoms with Crippen LogP contribution in [0.2, 0.25) is 5.02 Å². The molecule has 0 unspecified atom stereocenters. The Bertz CT molecular complexity index is 544. The summed E-state index contributed by atoms with van der Waals surface area (Å²) in [5.41, 5.74) is 1.25. The second kappa shape index (κ2) is 6.03. The highest BCUT2D eigenvalue weighted by Gasteiger charge is 2.05. The summed E-state index contributed by atoms with van der Waals surface area (Å²) >= 11 is 5.94. The number of hydrogen-bond acceptors (Lipinski definition) is 4. The summed E-state index contributed by atoms with van der Waals surface area (Å²) in [5.74, 6) is 0. The van der Waals surface area contributed by atoms with Crippen LogP contribution in [0.25, 0.3) is 0 Å². The number of rotatable bonds is 5. The van der Waals surface area contributed by atoms with Gasteiger partial charge in [-0.3, -0.25) is 4.68 Å². The molecule has 1 aromatic carbocycles. The van der Waals surface area contributed by atoms with Crippen molar-refractivity contribution in [2.45, 2.75) is 13.0 Å². The molecule has 0 saturated carbocycles. The van der Waals surface area contributed by atoms with Gasteiger partial charge in [-0.2, -0.15) is 5.26 Å². The molecular formula is C12H12ClN5. The summed E-state index contributed by atoms with van der Waals surface area (Å²) in [6.45, 7) is 1.53. The molecule has 1 aromatic heterocycles. The first kappa shape index (κ1) is 12.4. The highest BCUT2D eigenvalue weighted by Crippen LogP contribution is 2.23. The molecule has 0 fully saturated rings. The van der Waals surface area contributed by atoms with Crippen LogP contribution in [0.15, 0.2) is 30.6 Å². The zero-order chi connectivity index (χ0) is 12.8. The first-order chi connectivity index (χ1) is 8.81. The molecule has 0 aliphatic rings. The molecule has 0 spiro atoms. The van der Waals surface area contributed by atoms with Crippen LogP contribution in [0.3, 0.4) is 0 Å². The number of benzene rings is 1. The lowest BCUT2D eigenvalue weighted by atomic mass is 10.2. The van der Waals surface area contributed by atoms with Gasteiger partial charge in [0.2, 0.25) is 0 Å². The molecule has 5 nitrogen and oxygen atoms in total. The minimum Gasteiger partial charge on any atom is -0.384 e. The van der Waals surface area contributed by atoms with Gasteiger partial charge in [0, 0.05) is 19.3 Å². The molecule has 0 amide bonds. The van der Waals surface area contributed by atoms with Gasteiger partial charge in [-0.15, -0.1) is 5.10 Å². The Kier molecular flexibility index (Phi) is 4.15. The Balaban J connectivity index is 1.87. The average molecular weight is 262 g/mol. The van der Waals surface area contributed by atoms with Crippen LogP contribution >= 0.6 is 11.6 Å². The number of hydrogen-bond donors (Lipinski definition) is 1. The van der Waals surface area contributed by atoms with E-state index in [0.29, 0.717) is 10.6 Å². The van der Waals surface area contributed by atoms with Crippen LogP contribution in [-0.2, 0) is 6.54 Å². The summed E-state index contributed by atoms with van der Waals surface area (Å²) in [4.78, 5) is 0. The van der Waals surface area contributed by atoms with Crippen LogP contribution in [0, 0.1) is 11.3 Å². The van der Waals surface area contributed by atoms with Gasteiger partial charge < -0.3 is 5.32 Å². The molecule has 1 heterocycles. The molecule has 0 aliphatic heterocycles. The Morgan fingerprint density at radius 3 is 3.06 bits per heavy atom. The normalized spacial score (nSPS) is 10.0. The highest BCUT2D eigenvalue weighted by molar-refractivity contribution is 6.32. The number of aryl methyl sites for hydroxylation is 1. The van der Waals surface area contributed by atoms with Crippen molar-refractivity contribution in [3.63, 3.8) is 0 Å². The molecule has 92 valence electrons. The molecule has 0 bridgehead atoms. The number of nitrogens with zero attached hydrogens (tertiary/aromatic N) is 4. The zero-order valence-electron chi connectivity index (χ0n) is 9.67. The lowest BCUT2D eigenvalue weighted by Crippen LogP contribution is -2.08. The van der Waals surface area contributed by atoms with E-state index in [4.69, 9.17) is 16.9 Å². The highest BCUT2D eigenvalue weighted by atomic mass is 35.5. The Labute approximate surface area is 110 Å². The second-order valence-electron chi connectivity index (χ2n) is 3.72. The Morgan fingerprint density at radius 1 is 1.44 bits per heavy atom. The van der Waals surface area contributed by atoms with Crippen LogP contribution in [0.5, 0.6) is 0 Å². The lowest BCUT2D eigenvalue weighted by molar-refractivity contribution is 0.570. The minimum atomic E-state index is 0.471. The van der Waals surface area contributed by atoms with Crippen molar-refractivity contribution in [2.24, 2.45) is 0 Å². The Morgan fingerprint density at radius 2 is 2.33 bits per heavy atom. The van der Waals surface area contributed by atoms with E-state index in [2.05, 4.69) is 21.7 Å². The maximum absolute atomic E-state index is 9.01. The predicted molar refractivity (Wildman–Crippen MR) is 69.3 cm³/mol. The largest absolute Gasteiger partial charge is 0.384 e. The first-order valence-electron chi connectivity index (χ1n) is 5.58. The van der Waals surface area contributed by atoms with Crippen molar-refractivity contribution in [3.8, 4) is 6.07 Å². The third-order valence-electron chi connectivity index (χ3n) is 2.48. The van der Waals surface area contributed by atoms with E-state index in [1.165, 1.54) is 0 Å². The fourth-order valence-electron chi connectivity index (χ4n) is 1.60. The summed E-state index contributed by atoms with van der Waals surface area (Å²) in [5, 5.41) is 20.3. The molecule has 0 saturated heterocycles. The number of halogens is 1. The molecule has 1 N–H and O–H groups in total. The van der Waals surface area contributed by atoms with E-state index in [-0.39, 0.29) is 0 Å². The van der Waals surface area contributed by atoms with E-state index < -0.39 is 0 Å². The second-order valence-corrected chi connectivity index (χ2v) is 4.13. The third kappa shape index (κ3) is 2.99. The van der Waals surface area contributed by atoms with Gasteiger partial charge in [-0.1, -0.05) is 22.9 Å². The van der Waals surface area contributed by atoms with E-state index in [1.54, 1.807) is 16.9 Å². The molecule has 18 heavy (non-hydrogen) atoms. The number of nitriles is 1. The minimum absolute atomic E-state index is 0.471. The van der Waals surface area contributed by atoms with E-state index in [1.807, 2.05) is 18.3 Å². The van der Waals surface area contributed by atoms with Crippen molar-refractivity contribution < 1.29 is 0 Å². The molecule has 2 aromatic rings. The van der Waals surface area contributed by atoms with Gasteiger partial charge in [-0.25, -0.2) is 0 Å². The SMILES string of the molecule is N#Cc1c(Cl)cccc1NCCCn1ccnn1. The van der Waals surface area contributed by atoms with Gasteiger partial charge in [0.1, 0.15) is 6.07 Å². The van der Waals surface area contributed by atoms with Crippen molar-refractivity contribution in [1.29, 1.82) is 5.26 Å². The lowest BCUT2D eigenvalue weighted by Gasteiger charge is -2.08. The van der Waals surface area contributed by atoms with Crippen LogP contribution in [-0.4, -0.2) is 21.5 Å². The van der Waals surface area contributed by atoms with Gasteiger partial charge in [0.15, 0.2) is 0 Å². The van der Waals surface area contributed by atoms with E-state index in [9.17, 15) is 0 Å². The van der Waals surface area contributed by atoms with E-state index >= 15 is 0 Å². The van der Waals surface area contributed by atoms with Crippen molar-refractivity contribution >= 4 is 17.3 Å². The molecule has 2 rings (SSSR count). The molecule has 0 aliphatic carbocycles. The summed E-state index contributed by atoms with van der Waals surface area (Å²) < 4.78 is 1.77. The predicted octanol–water partition coefficient (Wildman–Crippen LogP) is 2.31. The fourth-order valence-corrected chi connectivity index (χ4v) is 1.82. The Hall–Kier alpha value is -2.06. The topological polar surface area (TPSA) is 66.5 Å². The quantitative estimate of drug-likeness (QED) is 0.839. The fraction of sp³-hybridized carbons (Fsp3) is 0.250. The molecule has 0 radical (unpaired) electrons. The maximum atomic E-state index is 9.01. The first-order valence-corrected chi connectivity index (χ1v) is 5.95. The number of nitrogens with one attached hydrogen (secondary N) is 1. The van der Waals surface area contributed by atoms with Gasteiger partial charge in [0.05, 0.1) is 22.5 Å². The van der Waals surface area contributed by atoms with E-state index in [0.717, 1.165) is 25.2 Å². The van der Waals surface area contributed by atoms with Crippen LogP contribution in [0.1, 0.15) is 12.0 Å². The maximum Gasteiger partial charge on any atom is 0.103 e. The number of anilines is 1. The molecule has 6 heteroatoms. The van der Waals surface area contributed by atoms with Crippen molar-refractivity contribution in [2.75, 3.05) is 11.9 Å². The molecule has 0 atom stereocenters. The summed E-state index contributed by atoms with van der Waals surface area (Å²) in [7, 11) is 0. The average Bonchev–Trinajstić information content (AvgIpc) is 2.88. The zero-order valence-corrected chi connectivity index (χ0v) is 10.4. The number of aromatic nitrogens is 3.